The van der Waals surface area contributed by atoms with Crippen molar-refractivity contribution in [1.29, 1.82) is 0 Å². The zero-order valence-corrected chi connectivity index (χ0v) is 11.9. The fourth-order valence-electron chi connectivity index (χ4n) is 2.62. The maximum absolute atomic E-state index is 11.1. The number of H-pyrrole nitrogens is 1. The van der Waals surface area contributed by atoms with Crippen molar-refractivity contribution in [2.45, 2.75) is 5.92 Å². The van der Waals surface area contributed by atoms with E-state index in [0.29, 0.717) is 5.02 Å². The summed E-state index contributed by atoms with van der Waals surface area (Å²) in [5, 5.41) is 12.6. The first-order chi connectivity index (χ1) is 10.1. The summed E-state index contributed by atoms with van der Waals surface area (Å²) in [5.74, 6) is -0.298. The van der Waals surface area contributed by atoms with Crippen LogP contribution in [0.5, 0.6) is 0 Å². The fourth-order valence-corrected chi connectivity index (χ4v) is 2.79. The quantitative estimate of drug-likeness (QED) is 0.579. The Balaban J connectivity index is 2.14. The molecule has 5 heteroatoms. The van der Waals surface area contributed by atoms with E-state index in [1.165, 1.54) is 0 Å². The normalized spacial score (nSPS) is 12.4. The van der Waals surface area contributed by atoms with E-state index in [2.05, 4.69) is 4.98 Å². The molecule has 106 valence electrons. The summed E-state index contributed by atoms with van der Waals surface area (Å²) in [6.07, 6.45) is 1.84. The monoisotopic (exact) mass is 300 g/mol. The van der Waals surface area contributed by atoms with Crippen LogP contribution in [0, 0.1) is 10.1 Å². The van der Waals surface area contributed by atoms with Crippen LogP contribution < -0.4 is 0 Å². The van der Waals surface area contributed by atoms with Crippen LogP contribution in [0.1, 0.15) is 17.0 Å². The summed E-state index contributed by atoms with van der Waals surface area (Å²) in [5.41, 5.74) is 2.75. The summed E-state index contributed by atoms with van der Waals surface area (Å²) in [6.45, 7) is -0.149. The molecular weight excluding hydrogens is 288 g/mol. The Morgan fingerprint density at radius 2 is 1.95 bits per heavy atom. The van der Waals surface area contributed by atoms with E-state index < -0.39 is 0 Å². The average Bonchev–Trinajstić information content (AvgIpc) is 2.88. The second-order valence-corrected chi connectivity index (χ2v) is 5.35. The number of rotatable bonds is 4. The van der Waals surface area contributed by atoms with Crippen LogP contribution in [0.25, 0.3) is 10.9 Å². The van der Waals surface area contributed by atoms with E-state index in [0.717, 1.165) is 22.0 Å². The Morgan fingerprint density at radius 3 is 2.67 bits per heavy atom. The number of aromatic amines is 1. The van der Waals surface area contributed by atoms with E-state index in [-0.39, 0.29) is 17.4 Å². The number of nitro groups is 1. The number of hydrogen-bond acceptors (Lipinski definition) is 2. The van der Waals surface area contributed by atoms with Crippen molar-refractivity contribution in [3.8, 4) is 0 Å². The molecule has 4 nitrogen and oxygen atoms in total. The van der Waals surface area contributed by atoms with Crippen molar-refractivity contribution in [1.82, 2.24) is 4.98 Å². The maximum Gasteiger partial charge on any atom is 0.214 e. The van der Waals surface area contributed by atoms with Crippen molar-refractivity contribution in [2.24, 2.45) is 0 Å². The van der Waals surface area contributed by atoms with Crippen LogP contribution in [0.15, 0.2) is 54.7 Å². The second-order valence-electron chi connectivity index (χ2n) is 4.91. The molecule has 0 aliphatic heterocycles. The molecule has 3 aromatic rings. The first-order valence-corrected chi connectivity index (χ1v) is 6.96. The Bertz CT molecular complexity index is 783. The van der Waals surface area contributed by atoms with Crippen molar-refractivity contribution >= 4 is 22.5 Å². The van der Waals surface area contributed by atoms with Gasteiger partial charge in [0.05, 0.1) is 5.92 Å². The van der Waals surface area contributed by atoms with E-state index in [4.69, 9.17) is 11.6 Å². The minimum absolute atomic E-state index is 0.149. The molecule has 3 rings (SSSR count). The number of nitrogens with zero attached hydrogens (tertiary/aromatic N) is 1. The average molecular weight is 301 g/mol. The van der Waals surface area contributed by atoms with Gasteiger partial charge in [0.25, 0.3) is 0 Å². The molecule has 0 aliphatic rings. The van der Waals surface area contributed by atoms with Crippen molar-refractivity contribution in [3.63, 3.8) is 0 Å². The highest BCUT2D eigenvalue weighted by atomic mass is 35.5. The van der Waals surface area contributed by atoms with E-state index in [1.807, 2.05) is 48.7 Å². The molecule has 0 saturated carbocycles. The molecule has 21 heavy (non-hydrogen) atoms. The third kappa shape index (κ3) is 2.76. The van der Waals surface area contributed by atoms with Gasteiger partial charge < -0.3 is 4.98 Å². The SMILES string of the molecule is O=[N+]([O-])C[C@@H](c1ccccc1)c1c[nH]c2ccc(Cl)cc12. The summed E-state index contributed by atoms with van der Waals surface area (Å²) in [7, 11) is 0. The van der Waals surface area contributed by atoms with E-state index >= 15 is 0 Å². The minimum Gasteiger partial charge on any atom is -0.361 e. The lowest BCUT2D eigenvalue weighted by Crippen LogP contribution is -2.13. The molecule has 2 aromatic carbocycles. The van der Waals surface area contributed by atoms with Gasteiger partial charge >= 0.3 is 0 Å². The van der Waals surface area contributed by atoms with Crippen molar-refractivity contribution in [3.05, 3.63) is 81.0 Å². The predicted molar refractivity (Wildman–Crippen MR) is 83.5 cm³/mol. The molecule has 0 aliphatic carbocycles. The molecule has 1 aromatic heterocycles. The highest BCUT2D eigenvalue weighted by Crippen LogP contribution is 2.32. The van der Waals surface area contributed by atoms with Gasteiger partial charge in [-0.25, -0.2) is 0 Å². The first-order valence-electron chi connectivity index (χ1n) is 6.58. The largest absolute Gasteiger partial charge is 0.361 e. The number of fused-ring (bicyclic) bond motifs is 1. The van der Waals surface area contributed by atoms with E-state index in [9.17, 15) is 10.1 Å². The maximum atomic E-state index is 11.1. The molecular formula is C16H13ClN2O2. The molecule has 1 atom stereocenters. The molecule has 0 radical (unpaired) electrons. The smallest absolute Gasteiger partial charge is 0.214 e. The van der Waals surface area contributed by atoms with Gasteiger partial charge in [0.2, 0.25) is 6.54 Å². The van der Waals surface area contributed by atoms with Crippen LogP contribution in [-0.4, -0.2) is 16.5 Å². The van der Waals surface area contributed by atoms with Gasteiger partial charge in [-0.2, -0.15) is 0 Å². The number of halogens is 1. The second kappa shape index (κ2) is 5.58. The molecule has 0 bridgehead atoms. The van der Waals surface area contributed by atoms with E-state index in [1.54, 1.807) is 6.07 Å². The lowest BCUT2D eigenvalue weighted by Gasteiger charge is -2.12. The third-order valence-electron chi connectivity index (χ3n) is 3.58. The summed E-state index contributed by atoms with van der Waals surface area (Å²) in [4.78, 5) is 13.9. The van der Waals surface area contributed by atoms with Gasteiger partial charge in [-0.3, -0.25) is 10.1 Å². The molecule has 0 saturated heterocycles. The molecule has 0 unspecified atom stereocenters. The standard InChI is InChI=1S/C16H13ClN2O2/c17-12-6-7-16-13(8-12)14(9-18-16)15(10-19(20)21)11-4-2-1-3-5-11/h1-9,15,18H,10H2/t15-/m0/s1. The lowest BCUT2D eigenvalue weighted by atomic mass is 9.91. The minimum atomic E-state index is -0.298. The van der Waals surface area contributed by atoms with Crippen LogP contribution in [0.3, 0.4) is 0 Å². The number of hydrogen-bond donors (Lipinski definition) is 1. The van der Waals surface area contributed by atoms with Crippen LogP contribution in [0.4, 0.5) is 0 Å². The molecule has 1 heterocycles. The Hall–Kier alpha value is -2.33. The summed E-state index contributed by atoms with van der Waals surface area (Å²) >= 11 is 6.06. The van der Waals surface area contributed by atoms with Gasteiger partial charge in [-0.05, 0) is 29.3 Å². The van der Waals surface area contributed by atoms with Gasteiger partial charge in [0.1, 0.15) is 0 Å². The van der Waals surface area contributed by atoms with Crippen LogP contribution >= 0.6 is 11.6 Å². The Labute approximate surface area is 126 Å². The number of nitrogens with one attached hydrogen (secondary N) is 1. The summed E-state index contributed by atoms with van der Waals surface area (Å²) in [6, 6.07) is 15.0. The predicted octanol–water partition coefficient (Wildman–Crippen LogP) is 4.23. The zero-order valence-electron chi connectivity index (χ0n) is 11.1. The lowest BCUT2D eigenvalue weighted by molar-refractivity contribution is -0.481. The highest BCUT2D eigenvalue weighted by Gasteiger charge is 2.23. The number of benzene rings is 2. The topological polar surface area (TPSA) is 58.9 Å². The highest BCUT2D eigenvalue weighted by molar-refractivity contribution is 6.31. The molecule has 0 amide bonds. The van der Waals surface area contributed by atoms with Gasteiger partial charge in [0, 0.05) is 27.0 Å². The fraction of sp³-hybridized carbons (Fsp3) is 0.125. The summed E-state index contributed by atoms with van der Waals surface area (Å²) < 4.78 is 0. The first kappa shape index (κ1) is 13.6. The molecule has 0 fully saturated rings. The van der Waals surface area contributed by atoms with Crippen LogP contribution in [-0.2, 0) is 0 Å². The molecule has 1 N–H and O–H groups in total. The van der Waals surface area contributed by atoms with Gasteiger partial charge in [0.15, 0.2) is 0 Å². The molecule has 0 spiro atoms. The van der Waals surface area contributed by atoms with Crippen molar-refractivity contribution in [2.75, 3.05) is 6.54 Å². The Morgan fingerprint density at radius 1 is 1.19 bits per heavy atom. The van der Waals surface area contributed by atoms with Crippen LogP contribution in [0.2, 0.25) is 5.02 Å². The van der Waals surface area contributed by atoms with Crippen molar-refractivity contribution < 1.29 is 4.92 Å². The number of aromatic nitrogens is 1. The van der Waals surface area contributed by atoms with Gasteiger partial charge in [-0.1, -0.05) is 41.9 Å². The third-order valence-corrected chi connectivity index (χ3v) is 3.82. The zero-order chi connectivity index (χ0) is 14.8. The Kier molecular flexibility index (Phi) is 3.62. The van der Waals surface area contributed by atoms with Gasteiger partial charge in [-0.15, -0.1) is 0 Å².